The molecule has 3 nitrogen and oxygen atoms in total. The van der Waals surface area contributed by atoms with E-state index < -0.39 is 6.10 Å². The molecule has 0 heterocycles. The molecule has 1 unspecified atom stereocenters. The molecule has 78 valence electrons. The number of amides is 1. The minimum Gasteiger partial charge on any atom is -0.393 e. The highest BCUT2D eigenvalue weighted by atomic mass is 16.3. The summed E-state index contributed by atoms with van der Waals surface area (Å²) in [7, 11) is 0. The molecule has 0 rings (SSSR count). The second-order valence-corrected chi connectivity index (χ2v) is 4.24. The Hall–Kier alpha value is -0.570. The van der Waals surface area contributed by atoms with Gasteiger partial charge in [-0.1, -0.05) is 13.3 Å². The molecular weight excluding hydrogens is 166 g/mol. The van der Waals surface area contributed by atoms with Gasteiger partial charge in [0.15, 0.2) is 0 Å². The smallest absolute Gasteiger partial charge is 0.222 e. The zero-order valence-electron chi connectivity index (χ0n) is 9.05. The summed E-state index contributed by atoms with van der Waals surface area (Å²) in [5.74, 6) is -0.0755. The first kappa shape index (κ1) is 12.4. The van der Waals surface area contributed by atoms with E-state index in [2.05, 4.69) is 12.2 Å². The summed E-state index contributed by atoms with van der Waals surface area (Å²) < 4.78 is 0. The van der Waals surface area contributed by atoms with Gasteiger partial charge in [0.2, 0.25) is 5.91 Å². The summed E-state index contributed by atoms with van der Waals surface area (Å²) >= 11 is 0. The van der Waals surface area contributed by atoms with Crippen molar-refractivity contribution in [1.29, 1.82) is 0 Å². The van der Waals surface area contributed by atoms with Crippen LogP contribution in [0.2, 0.25) is 0 Å². The molecular formula is C10H21NO2. The minimum absolute atomic E-state index is 0.0755. The number of carbonyl (C=O) groups is 1. The Morgan fingerprint density at radius 1 is 1.54 bits per heavy atom. The Labute approximate surface area is 80.5 Å². The Balaban J connectivity index is 3.89. The van der Waals surface area contributed by atoms with Crippen molar-refractivity contribution in [2.75, 3.05) is 0 Å². The maximum absolute atomic E-state index is 11.3. The molecule has 3 heteroatoms. The van der Waals surface area contributed by atoms with Crippen molar-refractivity contribution >= 4 is 5.91 Å². The van der Waals surface area contributed by atoms with Crippen molar-refractivity contribution in [3.63, 3.8) is 0 Å². The molecule has 13 heavy (non-hydrogen) atoms. The Morgan fingerprint density at radius 3 is 2.46 bits per heavy atom. The van der Waals surface area contributed by atoms with E-state index in [0.717, 1.165) is 12.8 Å². The van der Waals surface area contributed by atoms with Crippen LogP contribution in [0.15, 0.2) is 0 Å². The van der Waals surface area contributed by atoms with Gasteiger partial charge in [0.25, 0.3) is 0 Å². The molecule has 0 saturated carbocycles. The number of hydrogen-bond donors (Lipinski definition) is 2. The zero-order valence-corrected chi connectivity index (χ0v) is 9.05. The molecule has 1 atom stereocenters. The fourth-order valence-corrected chi connectivity index (χ4v) is 1.38. The molecule has 0 aliphatic carbocycles. The highest BCUT2D eigenvalue weighted by Gasteiger charge is 2.19. The highest BCUT2D eigenvalue weighted by Crippen LogP contribution is 2.10. The van der Waals surface area contributed by atoms with Crippen molar-refractivity contribution in [1.82, 2.24) is 5.32 Å². The number of nitrogens with one attached hydrogen (secondary N) is 1. The first-order valence-corrected chi connectivity index (χ1v) is 4.86. The van der Waals surface area contributed by atoms with Crippen molar-refractivity contribution < 1.29 is 9.90 Å². The van der Waals surface area contributed by atoms with Gasteiger partial charge in [0, 0.05) is 5.54 Å². The quantitative estimate of drug-likeness (QED) is 0.684. The van der Waals surface area contributed by atoms with Crippen LogP contribution in [0.3, 0.4) is 0 Å². The van der Waals surface area contributed by atoms with Crippen molar-refractivity contribution in [2.24, 2.45) is 0 Å². The highest BCUT2D eigenvalue weighted by molar-refractivity contribution is 5.77. The molecule has 1 amide bonds. The average Bonchev–Trinajstić information content (AvgIpc) is 1.81. The molecule has 0 bridgehead atoms. The maximum atomic E-state index is 11.3. The van der Waals surface area contributed by atoms with E-state index in [0.29, 0.717) is 0 Å². The summed E-state index contributed by atoms with van der Waals surface area (Å²) in [5.41, 5.74) is -0.152. The molecule has 2 N–H and O–H groups in total. The van der Waals surface area contributed by atoms with Gasteiger partial charge in [-0.05, 0) is 27.2 Å². The van der Waals surface area contributed by atoms with Crippen LogP contribution in [0.4, 0.5) is 0 Å². The zero-order chi connectivity index (χ0) is 10.5. The molecule has 0 saturated heterocycles. The van der Waals surface area contributed by atoms with E-state index in [1.54, 1.807) is 6.92 Å². The summed E-state index contributed by atoms with van der Waals surface area (Å²) in [4.78, 5) is 11.3. The predicted octanol–water partition coefficient (Wildman–Crippen LogP) is 1.45. The summed E-state index contributed by atoms with van der Waals surface area (Å²) in [5, 5.41) is 11.9. The molecule has 0 aliphatic heterocycles. The van der Waals surface area contributed by atoms with Gasteiger partial charge in [-0.15, -0.1) is 0 Å². The van der Waals surface area contributed by atoms with Crippen LogP contribution in [-0.2, 0) is 4.79 Å². The van der Waals surface area contributed by atoms with Crippen molar-refractivity contribution in [3.8, 4) is 0 Å². The van der Waals surface area contributed by atoms with Gasteiger partial charge in [-0.2, -0.15) is 0 Å². The fourth-order valence-electron chi connectivity index (χ4n) is 1.38. The fraction of sp³-hybridized carbons (Fsp3) is 0.900. The van der Waals surface area contributed by atoms with Crippen LogP contribution >= 0.6 is 0 Å². The van der Waals surface area contributed by atoms with E-state index in [9.17, 15) is 4.79 Å². The first-order chi connectivity index (χ1) is 5.87. The molecule has 0 aromatic rings. The standard InChI is InChI=1S/C10H21NO2/c1-5-6-10(3,4)11-9(13)7-8(2)12/h8,12H,5-7H2,1-4H3,(H,11,13). The number of aliphatic hydroxyl groups excluding tert-OH is 1. The molecule has 0 spiro atoms. The second-order valence-electron chi connectivity index (χ2n) is 4.24. The molecule has 0 radical (unpaired) electrons. The molecule has 0 aromatic heterocycles. The third-order valence-electron chi connectivity index (χ3n) is 1.83. The van der Waals surface area contributed by atoms with E-state index in [1.165, 1.54) is 0 Å². The van der Waals surface area contributed by atoms with E-state index >= 15 is 0 Å². The lowest BCUT2D eigenvalue weighted by Gasteiger charge is -2.26. The second kappa shape index (κ2) is 5.22. The van der Waals surface area contributed by atoms with Gasteiger partial charge in [-0.3, -0.25) is 4.79 Å². The van der Waals surface area contributed by atoms with Crippen molar-refractivity contribution in [3.05, 3.63) is 0 Å². The predicted molar refractivity (Wildman–Crippen MR) is 53.4 cm³/mol. The first-order valence-electron chi connectivity index (χ1n) is 4.86. The largest absolute Gasteiger partial charge is 0.393 e. The monoisotopic (exact) mass is 187 g/mol. The summed E-state index contributed by atoms with van der Waals surface area (Å²) in [6, 6.07) is 0. The minimum atomic E-state index is -0.558. The van der Waals surface area contributed by atoms with Crippen LogP contribution in [0.5, 0.6) is 0 Å². The molecule has 0 aliphatic rings. The number of rotatable bonds is 5. The maximum Gasteiger partial charge on any atom is 0.222 e. The van der Waals surface area contributed by atoms with Crippen LogP contribution in [0, 0.1) is 0 Å². The van der Waals surface area contributed by atoms with Crippen LogP contribution < -0.4 is 5.32 Å². The van der Waals surface area contributed by atoms with Gasteiger partial charge in [-0.25, -0.2) is 0 Å². The lowest BCUT2D eigenvalue weighted by molar-refractivity contribution is -0.124. The van der Waals surface area contributed by atoms with E-state index in [-0.39, 0.29) is 17.9 Å². The van der Waals surface area contributed by atoms with Crippen LogP contribution in [-0.4, -0.2) is 22.7 Å². The number of carbonyl (C=O) groups excluding carboxylic acids is 1. The van der Waals surface area contributed by atoms with E-state index in [4.69, 9.17) is 5.11 Å². The van der Waals surface area contributed by atoms with Gasteiger partial charge in [0.05, 0.1) is 12.5 Å². The van der Waals surface area contributed by atoms with Crippen LogP contribution in [0.1, 0.15) is 47.0 Å². The summed E-state index contributed by atoms with van der Waals surface area (Å²) in [6.07, 6.45) is 1.63. The van der Waals surface area contributed by atoms with Crippen molar-refractivity contribution in [2.45, 2.75) is 58.6 Å². The Kier molecular flexibility index (Phi) is 4.99. The Morgan fingerprint density at radius 2 is 2.08 bits per heavy atom. The van der Waals surface area contributed by atoms with Gasteiger partial charge >= 0.3 is 0 Å². The normalized spacial score (nSPS) is 13.9. The average molecular weight is 187 g/mol. The topological polar surface area (TPSA) is 49.3 Å². The number of hydrogen-bond acceptors (Lipinski definition) is 2. The van der Waals surface area contributed by atoms with Gasteiger partial charge < -0.3 is 10.4 Å². The third-order valence-corrected chi connectivity index (χ3v) is 1.83. The van der Waals surface area contributed by atoms with Gasteiger partial charge in [0.1, 0.15) is 0 Å². The lowest BCUT2D eigenvalue weighted by atomic mass is 9.98. The van der Waals surface area contributed by atoms with Crippen LogP contribution in [0.25, 0.3) is 0 Å². The molecule has 0 fully saturated rings. The molecule has 0 aromatic carbocycles. The summed E-state index contributed by atoms with van der Waals surface area (Å²) in [6.45, 7) is 7.70. The third kappa shape index (κ3) is 6.58. The Bertz CT molecular complexity index is 164. The SMILES string of the molecule is CCCC(C)(C)NC(=O)CC(C)O. The lowest BCUT2D eigenvalue weighted by Crippen LogP contribution is -2.44. The van der Waals surface area contributed by atoms with E-state index in [1.807, 2.05) is 13.8 Å². The number of aliphatic hydroxyl groups is 1.